The molecule has 2 fully saturated rings. The van der Waals surface area contributed by atoms with Crippen LogP contribution in [0, 0.1) is 5.92 Å². The van der Waals surface area contributed by atoms with Gasteiger partial charge in [0.2, 0.25) is 17.7 Å². The number of piperazine rings is 1. The molecule has 4 heterocycles. The minimum atomic E-state index is -0.748. The number of nitrogens with zero attached hydrogens (tertiary/aromatic N) is 6. The van der Waals surface area contributed by atoms with Gasteiger partial charge in [-0.1, -0.05) is 23.2 Å². The van der Waals surface area contributed by atoms with E-state index in [4.69, 9.17) is 47.9 Å². The Bertz CT molecular complexity index is 1440. The molecule has 0 aliphatic carbocycles. The highest BCUT2D eigenvalue weighted by Crippen LogP contribution is 2.31. The van der Waals surface area contributed by atoms with Crippen LogP contribution in [0.25, 0.3) is 11.3 Å². The number of anilines is 1. The monoisotopic (exact) mass is 658 g/mol. The molecule has 2 saturated heterocycles. The van der Waals surface area contributed by atoms with Crippen molar-refractivity contribution in [2.45, 2.75) is 25.8 Å². The van der Waals surface area contributed by atoms with Gasteiger partial charge in [0.25, 0.3) is 0 Å². The minimum Gasteiger partial charge on any atom is -0.481 e. The van der Waals surface area contributed by atoms with Crippen molar-refractivity contribution >= 4 is 41.0 Å². The molecule has 1 amide bonds. The fourth-order valence-electron chi connectivity index (χ4n) is 5.52. The number of carboxylic acids is 1. The van der Waals surface area contributed by atoms with Crippen LogP contribution in [-0.4, -0.2) is 106 Å². The fourth-order valence-corrected chi connectivity index (χ4v) is 6.05. The number of aliphatic hydroxyl groups excluding tert-OH is 1. The number of pyridine rings is 1. The van der Waals surface area contributed by atoms with Gasteiger partial charge in [-0.2, -0.15) is 0 Å². The SMILES string of the molecule is O=C(O)CC1CCN(Cc2cc(Oc3cnc(N4CCN(C(=O)COCCO)CC4)nc3)nc(-c3cc(Cl)cc(Cl)c3)c2)CC1. The molecule has 240 valence electrons. The molecule has 2 N–H and O–H groups in total. The summed E-state index contributed by atoms with van der Waals surface area (Å²) in [5, 5.41) is 19.0. The van der Waals surface area contributed by atoms with Gasteiger partial charge in [0.05, 0.1) is 31.3 Å². The highest BCUT2D eigenvalue weighted by Gasteiger charge is 2.24. The van der Waals surface area contributed by atoms with E-state index in [1.807, 2.05) is 17.0 Å². The molecule has 14 heteroatoms. The topological polar surface area (TPSA) is 141 Å². The van der Waals surface area contributed by atoms with Crippen LogP contribution in [-0.2, 0) is 20.9 Å². The summed E-state index contributed by atoms with van der Waals surface area (Å²) in [6.07, 6.45) is 5.08. The van der Waals surface area contributed by atoms with E-state index >= 15 is 0 Å². The number of aromatic nitrogens is 3. The van der Waals surface area contributed by atoms with Gasteiger partial charge in [0.15, 0.2) is 5.75 Å². The lowest BCUT2D eigenvalue weighted by atomic mass is 9.93. The molecule has 45 heavy (non-hydrogen) atoms. The Kier molecular flexibility index (Phi) is 11.4. The van der Waals surface area contributed by atoms with Gasteiger partial charge in [-0.05, 0) is 61.7 Å². The Morgan fingerprint density at radius 3 is 2.27 bits per heavy atom. The third-order valence-electron chi connectivity index (χ3n) is 7.81. The molecule has 0 bridgehead atoms. The van der Waals surface area contributed by atoms with E-state index < -0.39 is 5.97 Å². The first-order chi connectivity index (χ1) is 21.7. The average molecular weight is 660 g/mol. The predicted octanol–water partition coefficient (Wildman–Crippen LogP) is 3.98. The van der Waals surface area contributed by atoms with Crippen LogP contribution in [0.3, 0.4) is 0 Å². The number of rotatable bonds is 12. The number of piperidine rings is 1. The summed E-state index contributed by atoms with van der Waals surface area (Å²) >= 11 is 12.6. The number of carboxylic acid groups (broad SMARTS) is 1. The van der Waals surface area contributed by atoms with E-state index in [1.165, 1.54) is 0 Å². The number of hydrogen-bond donors (Lipinski definition) is 2. The zero-order chi connectivity index (χ0) is 31.8. The molecule has 0 spiro atoms. The number of aliphatic hydroxyl groups is 1. The quantitative estimate of drug-likeness (QED) is 0.273. The second-order valence-electron chi connectivity index (χ2n) is 11.1. The van der Waals surface area contributed by atoms with Crippen LogP contribution in [0.5, 0.6) is 11.6 Å². The van der Waals surface area contributed by atoms with Crippen molar-refractivity contribution < 1.29 is 29.3 Å². The second-order valence-corrected chi connectivity index (χ2v) is 12.0. The number of amides is 1. The van der Waals surface area contributed by atoms with Crippen molar-refractivity contribution in [2.75, 3.05) is 64.0 Å². The summed E-state index contributed by atoms with van der Waals surface area (Å²) in [4.78, 5) is 43.2. The molecule has 0 radical (unpaired) electrons. The number of ether oxygens (including phenoxy) is 2. The third kappa shape index (κ3) is 9.47. The van der Waals surface area contributed by atoms with E-state index in [0.29, 0.717) is 66.0 Å². The van der Waals surface area contributed by atoms with Crippen molar-refractivity contribution in [2.24, 2.45) is 5.92 Å². The summed E-state index contributed by atoms with van der Waals surface area (Å²) in [5.41, 5.74) is 2.39. The Morgan fingerprint density at radius 1 is 0.933 bits per heavy atom. The number of likely N-dealkylation sites (tertiary alicyclic amines) is 1. The molecule has 2 aliphatic rings. The van der Waals surface area contributed by atoms with Gasteiger partial charge in [-0.25, -0.2) is 15.0 Å². The standard InChI is InChI=1S/C31H36Cl2N6O6/c32-24-14-23(15-25(33)16-24)27-11-22(19-37-3-1-21(2-4-37)13-30(42)43)12-28(36-27)45-26-17-34-31(35-18-26)39-7-5-38(6-8-39)29(41)20-44-10-9-40/h11-12,14-18,21,40H,1-10,13,19-20H2,(H,42,43). The first kappa shape index (κ1) is 32.8. The minimum absolute atomic E-state index is 0.0459. The summed E-state index contributed by atoms with van der Waals surface area (Å²) in [6, 6.07) is 9.13. The van der Waals surface area contributed by atoms with Gasteiger partial charge in [-0.15, -0.1) is 0 Å². The molecular formula is C31H36Cl2N6O6. The zero-order valence-electron chi connectivity index (χ0n) is 24.8. The van der Waals surface area contributed by atoms with E-state index in [2.05, 4.69) is 14.9 Å². The lowest BCUT2D eigenvalue weighted by Crippen LogP contribution is -2.50. The van der Waals surface area contributed by atoms with Crippen molar-refractivity contribution in [1.82, 2.24) is 24.8 Å². The van der Waals surface area contributed by atoms with Crippen molar-refractivity contribution in [3.8, 4) is 22.9 Å². The fraction of sp³-hybridized carbons (Fsp3) is 0.452. The van der Waals surface area contributed by atoms with Crippen molar-refractivity contribution in [1.29, 1.82) is 0 Å². The highest BCUT2D eigenvalue weighted by atomic mass is 35.5. The summed E-state index contributed by atoms with van der Waals surface area (Å²) in [5.74, 6) is 0.666. The van der Waals surface area contributed by atoms with Crippen molar-refractivity contribution in [3.05, 3.63) is 58.3 Å². The van der Waals surface area contributed by atoms with Crippen molar-refractivity contribution in [3.63, 3.8) is 0 Å². The van der Waals surface area contributed by atoms with Crippen LogP contribution >= 0.6 is 23.2 Å². The molecule has 2 aromatic heterocycles. The first-order valence-electron chi connectivity index (χ1n) is 14.9. The van der Waals surface area contributed by atoms with Crippen LogP contribution < -0.4 is 9.64 Å². The Hall–Kier alpha value is -3.55. The van der Waals surface area contributed by atoms with E-state index in [-0.39, 0.29) is 38.1 Å². The molecule has 1 aromatic carbocycles. The predicted molar refractivity (Wildman–Crippen MR) is 169 cm³/mol. The molecule has 0 saturated carbocycles. The lowest BCUT2D eigenvalue weighted by Gasteiger charge is -2.34. The van der Waals surface area contributed by atoms with Crippen LogP contribution in [0.4, 0.5) is 5.95 Å². The van der Waals surface area contributed by atoms with Gasteiger partial charge < -0.3 is 29.5 Å². The lowest BCUT2D eigenvalue weighted by molar-refractivity contribution is -0.138. The molecule has 0 unspecified atom stereocenters. The van der Waals surface area contributed by atoms with Gasteiger partial charge >= 0.3 is 5.97 Å². The molecule has 5 rings (SSSR count). The Morgan fingerprint density at radius 2 is 1.62 bits per heavy atom. The maximum absolute atomic E-state index is 12.3. The van der Waals surface area contributed by atoms with Crippen LogP contribution in [0.2, 0.25) is 10.0 Å². The molecule has 3 aromatic rings. The molecular weight excluding hydrogens is 623 g/mol. The van der Waals surface area contributed by atoms with E-state index in [0.717, 1.165) is 37.1 Å². The normalized spacial score (nSPS) is 16.2. The highest BCUT2D eigenvalue weighted by molar-refractivity contribution is 6.35. The van der Waals surface area contributed by atoms with Gasteiger partial charge in [0, 0.05) is 60.8 Å². The van der Waals surface area contributed by atoms with E-state index in [9.17, 15) is 9.59 Å². The molecule has 2 aliphatic heterocycles. The zero-order valence-corrected chi connectivity index (χ0v) is 26.3. The summed E-state index contributed by atoms with van der Waals surface area (Å²) in [7, 11) is 0. The second kappa shape index (κ2) is 15.6. The number of carbonyl (C=O) groups excluding carboxylic acids is 1. The molecule has 12 nitrogen and oxygen atoms in total. The summed E-state index contributed by atoms with van der Waals surface area (Å²) in [6.45, 7) is 4.44. The van der Waals surface area contributed by atoms with Gasteiger partial charge in [0.1, 0.15) is 6.61 Å². The Labute approximate surface area is 271 Å². The maximum Gasteiger partial charge on any atom is 0.303 e. The number of hydrogen-bond acceptors (Lipinski definition) is 10. The number of aliphatic carboxylic acids is 1. The number of halogens is 2. The molecule has 0 atom stereocenters. The number of carbonyl (C=O) groups is 2. The Balaban J connectivity index is 1.26. The largest absolute Gasteiger partial charge is 0.481 e. The van der Waals surface area contributed by atoms with Gasteiger partial charge in [-0.3, -0.25) is 14.5 Å². The van der Waals surface area contributed by atoms with E-state index in [1.54, 1.807) is 35.5 Å². The number of benzene rings is 1. The first-order valence-corrected chi connectivity index (χ1v) is 15.6. The van der Waals surface area contributed by atoms with Crippen LogP contribution in [0.1, 0.15) is 24.8 Å². The average Bonchev–Trinajstić information content (AvgIpc) is 3.02. The van der Waals surface area contributed by atoms with Crippen LogP contribution in [0.15, 0.2) is 42.7 Å². The maximum atomic E-state index is 12.3. The smallest absolute Gasteiger partial charge is 0.303 e. The third-order valence-corrected chi connectivity index (χ3v) is 8.25. The summed E-state index contributed by atoms with van der Waals surface area (Å²) < 4.78 is 11.3.